The van der Waals surface area contributed by atoms with E-state index >= 15 is 0 Å². The molecule has 4 rings (SSSR count). The Hall–Kier alpha value is -2.29. The van der Waals surface area contributed by atoms with E-state index in [9.17, 15) is 18.0 Å². The number of benzene rings is 1. The molecule has 0 spiro atoms. The summed E-state index contributed by atoms with van der Waals surface area (Å²) in [5.74, 6) is -1.31. The van der Waals surface area contributed by atoms with Crippen molar-refractivity contribution >= 4 is 11.9 Å². The molecule has 0 amide bonds. The topological polar surface area (TPSA) is 84.9 Å². The third kappa shape index (κ3) is 6.23. The van der Waals surface area contributed by atoms with Crippen molar-refractivity contribution in [2.24, 2.45) is 5.92 Å². The summed E-state index contributed by atoms with van der Waals surface area (Å²) in [5, 5.41) is 10.9. The number of carboxylic acids is 1. The molecule has 9 heteroatoms. The zero-order chi connectivity index (χ0) is 24.8. The molecule has 1 aromatic carbocycles. The number of piperidine rings is 1. The first-order chi connectivity index (χ1) is 16.2. The average molecular weight is 486 g/mol. The summed E-state index contributed by atoms with van der Waals surface area (Å²) in [6.45, 7) is 3.27. The fourth-order valence-electron chi connectivity index (χ4n) is 5.75. The van der Waals surface area contributed by atoms with Crippen molar-refractivity contribution in [3.05, 3.63) is 29.3 Å². The van der Waals surface area contributed by atoms with Crippen LogP contribution >= 0.6 is 0 Å². The summed E-state index contributed by atoms with van der Waals surface area (Å²) >= 11 is 0. The molecule has 3 atom stereocenters. The molecule has 2 aliphatic carbocycles. The number of hydrogen-bond donors (Lipinski definition) is 2. The molecule has 1 aliphatic heterocycles. The van der Waals surface area contributed by atoms with Gasteiger partial charge in [-0.2, -0.15) is 13.2 Å². The second kappa shape index (κ2) is 11.4. The molecule has 1 aromatic rings. The third-order valence-corrected chi connectivity index (χ3v) is 7.29. The highest BCUT2D eigenvalue weighted by molar-refractivity contribution is 5.73. The maximum atomic E-state index is 11.8. The van der Waals surface area contributed by atoms with Gasteiger partial charge in [-0.05, 0) is 67.8 Å². The van der Waals surface area contributed by atoms with Crippen molar-refractivity contribution in [2.75, 3.05) is 13.3 Å². The average Bonchev–Trinajstić information content (AvgIpc) is 2.79. The zero-order valence-electron chi connectivity index (χ0n) is 19.6. The van der Waals surface area contributed by atoms with Crippen molar-refractivity contribution in [1.82, 2.24) is 5.32 Å². The van der Waals surface area contributed by atoms with Gasteiger partial charge in [0.25, 0.3) is 0 Å². The molecule has 2 fully saturated rings. The van der Waals surface area contributed by atoms with Gasteiger partial charge in [0.1, 0.15) is 5.75 Å². The first-order valence-corrected chi connectivity index (χ1v) is 12.1. The van der Waals surface area contributed by atoms with E-state index in [1.807, 2.05) is 6.07 Å². The van der Waals surface area contributed by atoms with Crippen molar-refractivity contribution in [3.8, 4) is 5.75 Å². The Balaban J connectivity index is 0.000000406. The van der Waals surface area contributed by atoms with Gasteiger partial charge in [-0.1, -0.05) is 38.7 Å². The highest BCUT2D eigenvalue weighted by atomic mass is 19.4. The van der Waals surface area contributed by atoms with Crippen LogP contribution in [-0.2, 0) is 26.2 Å². The number of alkyl halides is 3. The molecule has 1 heterocycles. The molecular formula is C25H34F3NO5. The van der Waals surface area contributed by atoms with Gasteiger partial charge >= 0.3 is 18.1 Å². The monoisotopic (exact) mass is 485 g/mol. The second-order valence-electron chi connectivity index (χ2n) is 9.38. The number of carbonyl (C=O) groups is 2. The minimum absolute atomic E-state index is 0.0182. The van der Waals surface area contributed by atoms with Crippen LogP contribution in [0.2, 0.25) is 0 Å². The molecule has 34 heavy (non-hydrogen) atoms. The normalized spacial score (nSPS) is 25.2. The van der Waals surface area contributed by atoms with Gasteiger partial charge in [0, 0.05) is 17.9 Å². The molecule has 2 bridgehead atoms. The minimum atomic E-state index is -5.08. The lowest BCUT2D eigenvalue weighted by atomic mass is 9.53. The Bertz CT molecular complexity index is 855. The molecule has 6 nitrogen and oxygen atoms in total. The molecule has 0 aromatic heterocycles. The SMILES string of the molecule is CCCCCC(=O)OCOc1ccc2c(c1)[C@@]13CCCC[C@@H]1[C@H](C2)NCC3.O=C(O)C(F)(F)F. The van der Waals surface area contributed by atoms with E-state index in [1.165, 1.54) is 43.2 Å². The van der Waals surface area contributed by atoms with Gasteiger partial charge in [-0.3, -0.25) is 4.79 Å². The van der Waals surface area contributed by atoms with Crippen LogP contribution in [0.4, 0.5) is 13.2 Å². The predicted molar refractivity (Wildman–Crippen MR) is 120 cm³/mol. The maximum Gasteiger partial charge on any atom is 0.490 e. The molecular weight excluding hydrogens is 451 g/mol. The largest absolute Gasteiger partial charge is 0.490 e. The summed E-state index contributed by atoms with van der Waals surface area (Å²) in [5.41, 5.74) is 3.32. The molecule has 1 saturated heterocycles. The summed E-state index contributed by atoms with van der Waals surface area (Å²) in [4.78, 5) is 20.7. The van der Waals surface area contributed by atoms with E-state index in [0.717, 1.165) is 43.9 Å². The fraction of sp³-hybridized carbons (Fsp3) is 0.680. The van der Waals surface area contributed by atoms with Gasteiger partial charge in [0.2, 0.25) is 6.79 Å². The summed E-state index contributed by atoms with van der Waals surface area (Å²) in [6, 6.07) is 7.17. The van der Waals surface area contributed by atoms with E-state index in [0.29, 0.717) is 17.9 Å². The van der Waals surface area contributed by atoms with Crippen LogP contribution in [0, 0.1) is 5.92 Å². The number of esters is 1. The number of carboxylic acid groups (broad SMARTS) is 1. The molecule has 2 N–H and O–H groups in total. The molecule has 1 saturated carbocycles. The Labute approximate surface area is 198 Å². The van der Waals surface area contributed by atoms with Crippen LogP contribution in [0.5, 0.6) is 5.75 Å². The highest BCUT2D eigenvalue weighted by Crippen LogP contribution is 2.54. The summed E-state index contributed by atoms with van der Waals surface area (Å²) in [6.07, 6.45) is 6.20. The Morgan fingerprint density at radius 2 is 1.97 bits per heavy atom. The second-order valence-corrected chi connectivity index (χ2v) is 9.38. The standard InChI is InChI=1S/C23H33NO3.C2HF3O2/c1-2-3-4-8-22(25)27-16-26-18-10-9-17-14-21-19-7-5-6-11-23(19,12-13-24-21)20(17)15-18;3-2(4,5)1(6)7/h9-10,15,19,21,24H,2-8,11-14,16H2,1H3;(H,6,7)/t19-,21+,23-;/m1./s1. The number of nitrogens with one attached hydrogen (secondary N) is 1. The van der Waals surface area contributed by atoms with Crippen LogP contribution in [0.25, 0.3) is 0 Å². The van der Waals surface area contributed by atoms with Gasteiger partial charge in [0.15, 0.2) is 0 Å². The lowest BCUT2D eigenvalue weighted by Gasteiger charge is -2.56. The smallest absolute Gasteiger partial charge is 0.475 e. The number of ether oxygens (including phenoxy) is 2. The van der Waals surface area contributed by atoms with E-state index in [4.69, 9.17) is 19.4 Å². The van der Waals surface area contributed by atoms with E-state index in [1.54, 1.807) is 0 Å². The first-order valence-electron chi connectivity index (χ1n) is 12.1. The highest BCUT2D eigenvalue weighted by Gasteiger charge is 2.51. The van der Waals surface area contributed by atoms with Crippen LogP contribution in [0.3, 0.4) is 0 Å². The Morgan fingerprint density at radius 3 is 2.68 bits per heavy atom. The van der Waals surface area contributed by atoms with Gasteiger partial charge < -0.3 is 19.9 Å². The maximum absolute atomic E-state index is 11.8. The van der Waals surface area contributed by atoms with Crippen LogP contribution in [0.15, 0.2) is 18.2 Å². The first kappa shape index (κ1) is 26.3. The molecule has 3 aliphatic rings. The number of halogens is 3. The molecule has 0 radical (unpaired) electrons. The van der Waals surface area contributed by atoms with Crippen LogP contribution < -0.4 is 10.1 Å². The van der Waals surface area contributed by atoms with Crippen LogP contribution in [0.1, 0.15) is 75.8 Å². The third-order valence-electron chi connectivity index (χ3n) is 7.29. The number of rotatable bonds is 7. The lowest BCUT2D eigenvalue weighted by molar-refractivity contribution is -0.192. The Morgan fingerprint density at radius 1 is 1.21 bits per heavy atom. The van der Waals surface area contributed by atoms with Gasteiger partial charge in [-0.25, -0.2) is 4.79 Å². The van der Waals surface area contributed by atoms with E-state index < -0.39 is 12.1 Å². The van der Waals surface area contributed by atoms with Gasteiger partial charge in [0.05, 0.1) is 0 Å². The molecule has 0 unspecified atom stereocenters. The summed E-state index contributed by atoms with van der Waals surface area (Å²) in [7, 11) is 0. The number of carbonyl (C=O) groups excluding carboxylic acids is 1. The van der Waals surface area contributed by atoms with Crippen molar-refractivity contribution < 1.29 is 37.3 Å². The van der Waals surface area contributed by atoms with E-state index in [2.05, 4.69) is 24.4 Å². The zero-order valence-corrected chi connectivity index (χ0v) is 19.6. The van der Waals surface area contributed by atoms with Crippen LogP contribution in [-0.4, -0.2) is 42.6 Å². The lowest BCUT2D eigenvalue weighted by Crippen LogP contribution is -2.59. The minimum Gasteiger partial charge on any atom is -0.475 e. The van der Waals surface area contributed by atoms with Crippen molar-refractivity contribution in [2.45, 2.75) is 88.8 Å². The van der Waals surface area contributed by atoms with Crippen molar-refractivity contribution in [3.63, 3.8) is 0 Å². The van der Waals surface area contributed by atoms with E-state index in [-0.39, 0.29) is 12.8 Å². The number of hydrogen-bond acceptors (Lipinski definition) is 5. The number of fused-ring (bicyclic) bond motifs is 1. The quantitative estimate of drug-likeness (QED) is 0.317. The number of aliphatic carboxylic acids is 1. The summed E-state index contributed by atoms with van der Waals surface area (Å²) < 4.78 is 42.8. The predicted octanol–water partition coefficient (Wildman–Crippen LogP) is 5.13. The molecule has 190 valence electrons. The van der Waals surface area contributed by atoms with Gasteiger partial charge in [-0.15, -0.1) is 0 Å². The fourth-order valence-corrected chi connectivity index (χ4v) is 5.75. The van der Waals surface area contributed by atoms with Crippen molar-refractivity contribution in [1.29, 1.82) is 0 Å². The number of unbranched alkanes of at least 4 members (excludes halogenated alkanes) is 2. The Kier molecular flexibility index (Phi) is 8.84.